The van der Waals surface area contributed by atoms with E-state index >= 15 is 0 Å². The summed E-state index contributed by atoms with van der Waals surface area (Å²) in [4.78, 5) is 29.1. The molecule has 1 fully saturated rings. The molecule has 0 unspecified atom stereocenters. The number of anilines is 1. The number of carboxylic acid groups (broad SMARTS) is 1. The number of aromatic carboxylic acids is 1. The van der Waals surface area contributed by atoms with Crippen molar-refractivity contribution in [2.75, 3.05) is 44.3 Å². The number of allylic oxidation sites excluding steroid dienone is 2. The third-order valence-corrected chi connectivity index (χ3v) is 8.01. The molecule has 2 aromatic rings. The summed E-state index contributed by atoms with van der Waals surface area (Å²) in [5.41, 5.74) is 5.33. The van der Waals surface area contributed by atoms with Crippen molar-refractivity contribution in [1.29, 1.82) is 0 Å². The molecule has 0 saturated carbocycles. The van der Waals surface area contributed by atoms with Crippen molar-refractivity contribution in [1.82, 2.24) is 4.90 Å². The molecular formula is C30H34N2O4. The van der Waals surface area contributed by atoms with Crippen molar-refractivity contribution in [3.8, 4) is 0 Å². The molecule has 1 N–H and O–H groups in total. The van der Waals surface area contributed by atoms with Gasteiger partial charge >= 0.3 is 5.97 Å². The zero-order chi connectivity index (χ0) is 25.5. The Bertz CT molecular complexity index is 1240. The van der Waals surface area contributed by atoms with E-state index in [9.17, 15) is 14.7 Å². The van der Waals surface area contributed by atoms with Gasteiger partial charge in [-0.2, -0.15) is 0 Å². The van der Waals surface area contributed by atoms with Crippen molar-refractivity contribution < 1.29 is 19.4 Å². The maximum Gasteiger partial charge on any atom is 0.335 e. The molecule has 0 aromatic heterocycles. The summed E-state index contributed by atoms with van der Waals surface area (Å²) < 4.78 is 5.47. The second-order valence-electron chi connectivity index (χ2n) is 10.8. The third-order valence-electron chi connectivity index (χ3n) is 8.01. The first-order valence-corrected chi connectivity index (χ1v) is 12.7. The zero-order valence-electron chi connectivity index (χ0n) is 21.3. The van der Waals surface area contributed by atoms with Crippen molar-refractivity contribution in [2.24, 2.45) is 10.8 Å². The molecule has 1 aliphatic carbocycles. The maximum absolute atomic E-state index is 13.6. The average molecular weight is 487 g/mol. The topological polar surface area (TPSA) is 70.1 Å². The lowest BCUT2D eigenvalue weighted by atomic mass is 9.58. The maximum atomic E-state index is 13.6. The second-order valence-corrected chi connectivity index (χ2v) is 10.8. The first-order valence-electron chi connectivity index (χ1n) is 12.7. The minimum atomic E-state index is -0.916. The predicted octanol–water partition coefficient (Wildman–Crippen LogP) is 5.12. The molecule has 1 amide bonds. The minimum absolute atomic E-state index is 0.0680. The molecule has 1 atom stereocenters. The average Bonchev–Trinajstić information content (AvgIpc) is 2.88. The highest BCUT2D eigenvalue weighted by Crippen LogP contribution is 2.55. The minimum Gasteiger partial charge on any atom is -0.478 e. The first kappa shape index (κ1) is 24.3. The summed E-state index contributed by atoms with van der Waals surface area (Å²) in [6, 6.07) is 15.1. The Kier molecular flexibility index (Phi) is 6.25. The highest BCUT2D eigenvalue weighted by molar-refractivity contribution is 5.95. The van der Waals surface area contributed by atoms with Gasteiger partial charge in [0.1, 0.15) is 0 Å². The van der Waals surface area contributed by atoms with E-state index in [-0.39, 0.29) is 16.7 Å². The summed E-state index contributed by atoms with van der Waals surface area (Å²) in [5.74, 6) is -0.847. The Morgan fingerprint density at radius 3 is 2.36 bits per heavy atom. The smallest absolute Gasteiger partial charge is 0.335 e. The third kappa shape index (κ3) is 4.35. The van der Waals surface area contributed by atoms with Crippen molar-refractivity contribution in [3.05, 3.63) is 82.9 Å². The quantitative estimate of drug-likeness (QED) is 0.607. The van der Waals surface area contributed by atoms with Crippen LogP contribution in [0.1, 0.15) is 53.5 Å². The number of carbonyl (C=O) groups excluding carboxylic acids is 1. The Balaban J connectivity index is 1.37. The summed E-state index contributed by atoms with van der Waals surface area (Å²) in [7, 11) is 0. The fraction of sp³-hybridized carbons (Fsp3) is 0.400. The Morgan fingerprint density at radius 2 is 1.67 bits per heavy atom. The highest BCUT2D eigenvalue weighted by Gasteiger charge is 2.46. The molecular weight excluding hydrogens is 452 g/mol. The number of fused-ring (bicyclic) bond motifs is 1. The van der Waals surface area contributed by atoms with Crippen molar-refractivity contribution in [2.45, 2.75) is 27.2 Å². The van der Waals surface area contributed by atoms with Gasteiger partial charge in [0.05, 0.1) is 18.8 Å². The van der Waals surface area contributed by atoms with E-state index in [2.05, 4.69) is 43.9 Å². The lowest BCUT2D eigenvalue weighted by molar-refractivity contribution is 0.0678. The van der Waals surface area contributed by atoms with E-state index in [0.717, 1.165) is 36.3 Å². The molecule has 3 aliphatic rings. The van der Waals surface area contributed by atoms with Gasteiger partial charge in [0.2, 0.25) is 0 Å². The van der Waals surface area contributed by atoms with E-state index in [1.54, 1.807) is 12.1 Å². The van der Waals surface area contributed by atoms with Gasteiger partial charge in [-0.1, -0.05) is 56.7 Å². The number of amides is 1. The number of hydrogen-bond donors (Lipinski definition) is 1. The van der Waals surface area contributed by atoms with Crippen LogP contribution in [0.25, 0.3) is 5.57 Å². The standard InChI is InChI=1S/C30H34N2O4/c1-29(2)25(21-7-9-22(10-8-21)28(34)35)11-13-30(3)20-32(14-12-26(29)30)27(33)23-5-4-6-24(19-23)31-15-17-36-18-16-31/h4-12,19H,13-18,20H2,1-3H3,(H,34,35)/t30-/m1/s1. The number of benzene rings is 2. The van der Waals surface area contributed by atoms with Gasteiger partial charge < -0.3 is 19.6 Å². The van der Waals surface area contributed by atoms with Gasteiger partial charge in [-0.05, 0) is 47.9 Å². The van der Waals surface area contributed by atoms with Crippen LogP contribution in [0.15, 0.2) is 66.3 Å². The summed E-state index contributed by atoms with van der Waals surface area (Å²) in [5, 5.41) is 9.25. The number of nitrogens with zero attached hydrogens (tertiary/aromatic N) is 2. The summed E-state index contributed by atoms with van der Waals surface area (Å²) >= 11 is 0. The molecule has 2 aliphatic heterocycles. The van der Waals surface area contributed by atoms with Crippen LogP contribution in [-0.2, 0) is 4.74 Å². The van der Waals surface area contributed by atoms with Crippen LogP contribution in [0.4, 0.5) is 5.69 Å². The molecule has 36 heavy (non-hydrogen) atoms. The molecule has 2 heterocycles. The second kappa shape index (κ2) is 9.25. The lowest BCUT2D eigenvalue weighted by Crippen LogP contribution is -2.48. The predicted molar refractivity (Wildman–Crippen MR) is 141 cm³/mol. The number of ether oxygens (including phenoxy) is 1. The van der Waals surface area contributed by atoms with Crippen molar-refractivity contribution >= 4 is 23.1 Å². The van der Waals surface area contributed by atoms with Gasteiger partial charge in [0.15, 0.2) is 0 Å². The molecule has 0 radical (unpaired) electrons. The molecule has 6 nitrogen and oxygen atoms in total. The highest BCUT2D eigenvalue weighted by atomic mass is 16.5. The van der Waals surface area contributed by atoms with Crippen LogP contribution < -0.4 is 4.90 Å². The van der Waals surface area contributed by atoms with E-state index in [4.69, 9.17) is 4.74 Å². The Morgan fingerprint density at radius 1 is 0.944 bits per heavy atom. The van der Waals surface area contributed by atoms with E-state index in [1.165, 1.54) is 11.1 Å². The summed E-state index contributed by atoms with van der Waals surface area (Å²) in [6.07, 6.45) is 5.35. The number of carbonyl (C=O) groups is 2. The number of carboxylic acids is 1. The van der Waals surface area contributed by atoms with E-state index in [0.29, 0.717) is 31.9 Å². The van der Waals surface area contributed by atoms with Crippen LogP contribution >= 0.6 is 0 Å². The first-order chi connectivity index (χ1) is 17.2. The summed E-state index contributed by atoms with van der Waals surface area (Å²) in [6.45, 7) is 11.1. The number of hydrogen-bond acceptors (Lipinski definition) is 4. The molecule has 6 heteroatoms. The van der Waals surface area contributed by atoms with Crippen LogP contribution in [0.2, 0.25) is 0 Å². The monoisotopic (exact) mass is 486 g/mol. The van der Waals surface area contributed by atoms with Crippen LogP contribution in [0.5, 0.6) is 0 Å². The molecule has 188 valence electrons. The van der Waals surface area contributed by atoms with E-state index in [1.807, 2.05) is 35.2 Å². The van der Waals surface area contributed by atoms with E-state index < -0.39 is 5.97 Å². The van der Waals surface area contributed by atoms with Crippen LogP contribution in [0, 0.1) is 10.8 Å². The lowest BCUT2D eigenvalue weighted by Gasteiger charge is -2.50. The largest absolute Gasteiger partial charge is 0.478 e. The number of rotatable bonds is 4. The van der Waals surface area contributed by atoms with Crippen molar-refractivity contribution in [3.63, 3.8) is 0 Å². The Hall–Kier alpha value is -3.38. The van der Waals surface area contributed by atoms with Gasteiger partial charge in [-0.15, -0.1) is 0 Å². The van der Waals surface area contributed by atoms with Gasteiger partial charge in [-0.25, -0.2) is 4.79 Å². The van der Waals surface area contributed by atoms with Gasteiger partial charge in [0, 0.05) is 48.3 Å². The SMILES string of the molecule is CC1(C)C(c2ccc(C(=O)O)cc2)=CC[C@]2(C)CN(C(=O)c3cccc(N4CCOCC4)c3)CC=C12. The molecule has 2 aromatic carbocycles. The van der Waals surface area contributed by atoms with Gasteiger partial charge in [-0.3, -0.25) is 4.79 Å². The fourth-order valence-electron chi connectivity index (χ4n) is 6.20. The zero-order valence-corrected chi connectivity index (χ0v) is 21.3. The Labute approximate surface area is 212 Å². The molecule has 1 saturated heterocycles. The molecule has 0 spiro atoms. The normalized spacial score (nSPS) is 23.4. The molecule has 5 rings (SSSR count). The number of morpholine rings is 1. The van der Waals surface area contributed by atoms with Crippen LogP contribution in [0.3, 0.4) is 0 Å². The fourth-order valence-corrected chi connectivity index (χ4v) is 6.20. The van der Waals surface area contributed by atoms with Crippen LogP contribution in [-0.4, -0.2) is 61.3 Å². The molecule has 0 bridgehead atoms. The van der Waals surface area contributed by atoms with Gasteiger partial charge in [0.25, 0.3) is 5.91 Å².